The Balaban J connectivity index is 1.39. The van der Waals surface area contributed by atoms with Crippen LogP contribution in [0.2, 0.25) is 0 Å². The topological polar surface area (TPSA) is 92.5 Å². The molecule has 1 aliphatic heterocycles. The molecule has 1 aliphatic carbocycles. The zero-order valence-electron chi connectivity index (χ0n) is 19.6. The van der Waals surface area contributed by atoms with Crippen molar-refractivity contribution in [3.63, 3.8) is 0 Å². The van der Waals surface area contributed by atoms with Crippen LogP contribution in [-0.4, -0.2) is 51.9 Å². The predicted molar refractivity (Wildman–Crippen MR) is 134 cm³/mol. The van der Waals surface area contributed by atoms with Gasteiger partial charge >= 0.3 is 0 Å². The average Bonchev–Trinajstić information content (AvgIpc) is 3.17. The predicted octanol–water partition coefficient (Wildman–Crippen LogP) is 5.23. The number of amides is 1. The number of carbonyl (C=O) groups is 1. The van der Waals surface area contributed by atoms with E-state index in [4.69, 9.17) is 9.97 Å². The number of aryl methyl sites for hydroxylation is 2. The molecule has 1 amide bonds. The number of nitrogens with zero attached hydrogens (tertiary/aromatic N) is 5. The molecule has 2 aromatic heterocycles. The highest BCUT2D eigenvalue weighted by Crippen LogP contribution is 2.38. The van der Waals surface area contributed by atoms with Gasteiger partial charge in [-0.2, -0.15) is 0 Å². The van der Waals surface area contributed by atoms with Gasteiger partial charge in [0.05, 0.1) is 10.3 Å². The summed E-state index contributed by atoms with van der Waals surface area (Å²) in [5.41, 5.74) is 1.53. The molecule has 0 atom stereocenters. The van der Waals surface area contributed by atoms with Crippen LogP contribution < -0.4 is 4.90 Å². The molecule has 3 aromatic rings. The average molecular weight is 480 g/mol. The van der Waals surface area contributed by atoms with Gasteiger partial charge in [0.15, 0.2) is 0 Å². The number of benzene rings is 1. The van der Waals surface area contributed by atoms with Crippen LogP contribution in [0.3, 0.4) is 0 Å². The Hall–Kier alpha value is -3.07. The van der Waals surface area contributed by atoms with Crippen molar-refractivity contribution in [2.45, 2.75) is 51.9 Å². The lowest BCUT2D eigenvalue weighted by Gasteiger charge is -2.36. The number of fused-ring (bicyclic) bond motifs is 1. The summed E-state index contributed by atoms with van der Waals surface area (Å²) in [6.07, 6.45) is 6.08. The van der Waals surface area contributed by atoms with E-state index in [0.717, 1.165) is 34.7 Å². The fourth-order valence-electron chi connectivity index (χ4n) is 5.07. The summed E-state index contributed by atoms with van der Waals surface area (Å²) in [4.78, 5) is 40.2. The van der Waals surface area contributed by atoms with Gasteiger partial charge in [-0.15, -0.1) is 11.3 Å². The molecule has 0 unspecified atom stereocenters. The second-order valence-corrected chi connectivity index (χ2v) is 10.5. The molecule has 1 aromatic carbocycles. The molecule has 0 bridgehead atoms. The summed E-state index contributed by atoms with van der Waals surface area (Å²) in [6, 6.07) is 5.97. The fraction of sp³-hybridized carbons (Fsp3) is 0.480. The number of non-ortho nitro benzene ring substituents is 1. The van der Waals surface area contributed by atoms with Crippen LogP contribution in [-0.2, 0) is 0 Å². The lowest BCUT2D eigenvalue weighted by atomic mass is 9.88. The fourth-order valence-corrected chi connectivity index (χ4v) is 6.10. The molecule has 0 radical (unpaired) electrons. The second kappa shape index (κ2) is 9.29. The van der Waals surface area contributed by atoms with E-state index in [0.29, 0.717) is 37.7 Å². The molecular weight excluding hydrogens is 450 g/mol. The Kier molecular flexibility index (Phi) is 6.20. The highest BCUT2D eigenvalue weighted by molar-refractivity contribution is 7.18. The van der Waals surface area contributed by atoms with E-state index in [1.807, 2.05) is 0 Å². The Bertz CT molecular complexity index is 1240. The summed E-state index contributed by atoms with van der Waals surface area (Å²) in [5.74, 6) is 2.23. The largest absolute Gasteiger partial charge is 0.352 e. The first-order valence-corrected chi connectivity index (χ1v) is 12.8. The lowest BCUT2D eigenvalue weighted by molar-refractivity contribution is -0.384. The van der Waals surface area contributed by atoms with Crippen LogP contribution >= 0.6 is 11.3 Å². The van der Waals surface area contributed by atoms with Crippen LogP contribution in [0.1, 0.15) is 64.6 Å². The van der Waals surface area contributed by atoms with Gasteiger partial charge in [-0.25, -0.2) is 9.97 Å². The summed E-state index contributed by atoms with van der Waals surface area (Å²) < 4.78 is 0. The first-order valence-electron chi connectivity index (χ1n) is 12.0. The number of piperazine rings is 1. The molecule has 0 N–H and O–H groups in total. The summed E-state index contributed by atoms with van der Waals surface area (Å²) in [7, 11) is 0. The standard InChI is InChI=1S/C25H29N5O3S/c1-16-17(2)34-24-21(16)23(26-22(27-24)18-7-4-3-5-8-18)28-11-13-29(14-12-28)25(31)19-9-6-10-20(15-19)30(32)33/h6,9-10,15,18H,3-5,7-8,11-14H2,1-2H3. The number of nitro benzene ring substituents is 1. The Labute approximate surface area is 202 Å². The van der Waals surface area contributed by atoms with Gasteiger partial charge in [0.2, 0.25) is 0 Å². The van der Waals surface area contributed by atoms with E-state index in [1.54, 1.807) is 28.4 Å². The van der Waals surface area contributed by atoms with Crippen LogP contribution in [0.5, 0.6) is 0 Å². The van der Waals surface area contributed by atoms with Crippen molar-refractivity contribution in [1.29, 1.82) is 0 Å². The zero-order valence-corrected chi connectivity index (χ0v) is 20.4. The second-order valence-electron chi connectivity index (χ2n) is 9.29. The molecule has 9 heteroatoms. The molecule has 0 spiro atoms. The Morgan fingerprint density at radius 2 is 1.82 bits per heavy atom. The van der Waals surface area contributed by atoms with Crippen molar-refractivity contribution < 1.29 is 9.72 Å². The minimum absolute atomic E-state index is 0.0635. The lowest BCUT2D eigenvalue weighted by Crippen LogP contribution is -2.49. The van der Waals surface area contributed by atoms with E-state index in [2.05, 4.69) is 18.7 Å². The van der Waals surface area contributed by atoms with E-state index in [1.165, 1.54) is 41.8 Å². The van der Waals surface area contributed by atoms with E-state index in [-0.39, 0.29) is 11.6 Å². The van der Waals surface area contributed by atoms with Gasteiger partial charge < -0.3 is 9.80 Å². The third-order valence-corrected chi connectivity index (χ3v) is 8.27. The van der Waals surface area contributed by atoms with Crippen LogP contribution in [0.15, 0.2) is 24.3 Å². The molecule has 5 rings (SSSR count). The molecule has 178 valence electrons. The highest BCUT2D eigenvalue weighted by atomic mass is 32.1. The Morgan fingerprint density at radius 3 is 2.53 bits per heavy atom. The van der Waals surface area contributed by atoms with Gasteiger partial charge in [0.25, 0.3) is 11.6 Å². The van der Waals surface area contributed by atoms with Crippen molar-refractivity contribution in [2.75, 3.05) is 31.1 Å². The first kappa shape index (κ1) is 22.7. The van der Waals surface area contributed by atoms with E-state index < -0.39 is 4.92 Å². The van der Waals surface area contributed by atoms with Crippen molar-refractivity contribution in [1.82, 2.24) is 14.9 Å². The number of hydrogen-bond acceptors (Lipinski definition) is 7. The third kappa shape index (κ3) is 4.24. The van der Waals surface area contributed by atoms with Gasteiger partial charge in [0.1, 0.15) is 16.5 Å². The normalized spacial score (nSPS) is 17.4. The maximum Gasteiger partial charge on any atom is 0.270 e. The minimum Gasteiger partial charge on any atom is -0.352 e. The molecule has 1 saturated heterocycles. The zero-order chi connectivity index (χ0) is 23.8. The van der Waals surface area contributed by atoms with Gasteiger partial charge in [-0.1, -0.05) is 25.3 Å². The molecule has 1 saturated carbocycles. The van der Waals surface area contributed by atoms with Crippen molar-refractivity contribution in [3.8, 4) is 0 Å². The van der Waals surface area contributed by atoms with Crippen LogP contribution in [0.4, 0.5) is 11.5 Å². The van der Waals surface area contributed by atoms with Gasteiger partial charge in [0, 0.05) is 54.7 Å². The number of thiophene rings is 1. The monoisotopic (exact) mass is 479 g/mol. The number of carbonyl (C=O) groups excluding carboxylic acids is 1. The number of hydrogen-bond donors (Lipinski definition) is 0. The molecule has 2 fully saturated rings. The van der Waals surface area contributed by atoms with Crippen LogP contribution in [0, 0.1) is 24.0 Å². The van der Waals surface area contributed by atoms with E-state index in [9.17, 15) is 14.9 Å². The Morgan fingerprint density at radius 1 is 1.09 bits per heavy atom. The van der Waals surface area contributed by atoms with Gasteiger partial charge in [-0.3, -0.25) is 14.9 Å². The SMILES string of the molecule is Cc1sc2nc(C3CCCCC3)nc(N3CCN(C(=O)c4cccc([N+](=O)[O-])c4)CC3)c2c1C. The van der Waals surface area contributed by atoms with Crippen molar-refractivity contribution in [3.05, 3.63) is 56.2 Å². The molecule has 2 aliphatic rings. The maximum absolute atomic E-state index is 13.0. The number of anilines is 1. The molecule has 3 heterocycles. The van der Waals surface area contributed by atoms with Gasteiger partial charge in [-0.05, 0) is 38.3 Å². The maximum atomic E-state index is 13.0. The third-order valence-electron chi connectivity index (χ3n) is 7.17. The van der Waals surface area contributed by atoms with Crippen LogP contribution in [0.25, 0.3) is 10.2 Å². The summed E-state index contributed by atoms with van der Waals surface area (Å²) in [6.45, 7) is 6.73. The number of rotatable bonds is 4. The minimum atomic E-state index is -0.468. The summed E-state index contributed by atoms with van der Waals surface area (Å²) in [5, 5.41) is 12.2. The quantitative estimate of drug-likeness (QED) is 0.376. The smallest absolute Gasteiger partial charge is 0.270 e. The van der Waals surface area contributed by atoms with Crippen molar-refractivity contribution >= 4 is 39.0 Å². The number of nitro groups is 1. The van der Waals surface area contributed by atoms with E-state index >= 15 is 0 Å². The van der Waals surface area contributed by atoms with Crippen molar-refractivity contribution in [2.24, 2.45) is 0 Å². The molecule has 34 heavy (non-hydrogen) atoms. The first-order chi connectivity index (χ1) is 16.4. The highest BCUT2D eigenvalue weighted by Gasteiger charge is 2.28. The molecular formula is C25H29N5O3S. The number of aromatic nitrogens is 2. The molecule has 8 nitrogen and oxygen atoms in total. The summed E-state index contributed by atoms with van der Waals surface area (Å²) >= 11 is 1.74.